The fourth-order valence-electron chi connectivity index (χ4n) is 2.54. The van der Waals surface area contributed by atoms with Gasteiger partial charge in [-0.15, -0.1) is 0 Å². The number of aryl methyl sites for hydroxylation is 2. The van der Waals surface area contributed by atoms with E-state index in [0.29, 0.717) is 5.92 Å². The summed E-state index contributed by atoms with van der Waals surface area (Å²) in [4.78, 5) is 0. The molecule has 0 saturated heterocycles. The Morgan fingerprint density at radius 1 is 1.25 bits per heavy atom. The molecule has 0 atom stereocenters. The Kier molecular flexibility index (Phi) is 4.61. The fraction of sp³-hybridized carbons (Fsp3) is 0.471. The topological polar surface area (TPSA) is 29.9 Å². The molecule has 1 heterocycles. The predicted molar refractivity (Wildman–Crippen MR) is 84.5 cm³/mol. The number of nitrogens with one attached hydrogen (secondary N) is 1. The maximum absolute atomic E-state index is 4.64. The van der Waals surface area contributed by atoms with Gasteiger partial charge in [-0.3, -0.25) is 0 Å². The summed E-state index contributed by atoms with van der Waals surface area (Å²) in [5.41, 5.74) is 6.32. The number of nitrogens with zero attached hydrogens (tertiary/aromatic N) is 2. The van der Waals surface area contributed by atoms with Gasteiger partial charge in [0.05, 0.1) is 17.6 Å². The highest BCUT2D eigenvalue weighted by atomic mass is 15.3. The van der Waals surface area contributed by atoms with Gasteiger partial charge in [-0.05, 0) is 43.5 Å². The fourth-order valence-corrected chi connectivity index (χ4v) is 2.54. The van der Waals surface area contributed by atoms with Crippen LogP contribution >= 0.6 is 0 Å². The van der Waals surface area contributed by atoms with E-state index in [1.807, 2.05) is 6.20 Å². The van der Waals surface area contributed by atoms with Gasteiger partial charge in [-0.1, -0.05) is 32.9 Å². The van der Waals surface area contributed by atoms with Crippen molar-refractivity contribution < 1.29 is 0 Å². The molecule has 0 saturated carbocycles. The molecule has 0 aliphatic rings. The van der Waals surface area contributed by atoms with E-state index in [0.717, 1.165) is 13.1 Å². The van der Waals surface area contributed by atoms with Gasteiger partial charge < -0.3 is 5.32 Å². The molecular weight excluding hydrogens is 246 g/mol. The number of rotatable bonds is 5. The van der Waals surface area contributed by atoms with Crippen molar-refractivity contribution in [1.29, 1.82) is 0 Å². The van der Waals surface area contributed by atoms with E-state index in [4.69, 9.17) is 0 Å². The summed E-state index contributed by atoms with van der Waals surface area (Å²) in [5, 5.41) is 8.04. The smallest absolute Gasteiger partial charge is 0.0680 e. The molecule has 2 rings (SSSR count). The second-order valence-corrected chi connectivity index (χ2v) is 5.69. The van der Waals surface area contributed by atoms with Crippen LogP contribution in [0.1, 0.15) is 49.1 Å². The second-order valence-electron chi connectivity index (χ2n) is 5.69. The quantitative estimate of drug-likeness (QED) is 0.898. The molecule has 0 amide bonds. The maximum atomic E-state index is 4.64. The summed E-state index contributed by atoms with van der Waals surface area (Å²) in [6.07, 6.45) is 2.00. The van der Waals surface area contributed by atoms with Crippen molar-refractivity contribution in [3.63, 3.8) is 0 Å². The van der Waals surface area contributed by atoms with Crippen LogP contribution in [0.25, 0.3) is 5.69 Å². The van der Waals surface area contributed by atoms with Crippen LogP contribution in [0.15, 0.2) is 24.4 Å². The first-order chi connectivity index (χ1) is 9.54. The average molecular weight is 271 g/mol. The molecule has 0 aliphatic carbocycles. The third-order valence-corrected chi connectivity index (χ3v) is 3.59. The van der Waals surface area contributed by atoms with Crippen molar-refractivity contribution in [3.8, 4) is 5.69 Å². The van der Waals surface area contributed by atoms with Crippen molar-refractivity contribution in [2.45, 2.75) is 47.1 Å². The molecule has 0 unspecified atom stereocenters. The minimum Gasteiger partial charge on any atom is -0.313 e. The Hall–Kier alpha value is -1.61. The minimum atomic E-state index is 0.450. The van der Waals surface area contributed by atoms with Gasteiger partial charge >= 0.3 is 0 Å². The Labute approximate surface area is 122 Å². The van der Waals surface area contributed by atoms with Crippen molar-refractivity contribution in [2.24, 2.45) is 0 Å². The van der Waals surface area contributed by atoms with Crippen LogP contribution in [0.3, 0.4) is 0 Å². The van der Waals surface area contributed by atoms with Crippen LogP contribution in [0.4, 0.5) is 0 Å². The van der Waals surface area contributed by atoms with E-state index in [1.54, 1.807) is 0 Å². The second kappa shape index (κ2) is 6.23. The van der Waals surface area contributed by atoms with E-state index in [9.17, 15) is 0 Å². The van der Waals surface area contributed by atoms with Crippen molar-refractivity contribution >= 4 is 0 Å². The number of hydrogen-bond acceptors (Lipinski definition) is 2. The lowest BCUT2D eigenvalue weighted by atomic mass is 10.0. The molecule has 0 fully saturated rings. The summed E-state index contributed by atoms with van der Waals surface area (Å²) < 4.78 is 2.11. The van der Waals surface area contributed by atoms with E-state index < -0.39 is 0 Å². The van der Waals surface area contributed by atoms with E-state index in [2.05, 4.69) is 67.9 Å². The van der Waals surface area contributed by atoms with Crippen LogP contribution in [0, 0.1) is 13.8 Å². The number of hydrogen-bond donors (Lipinski definition) is 1. The lowest BCUT2D eigenvalue weighted by Gasteiger charge is -2.15. The third-order valence-electron chi connectivity index (χ3n) is 3.59. The van der Waals surface area contributed by atoms with Crippen LogP contribution < -0.4 is 5.32 Å². The first-order valence-electron chi connectivity index (χ1n) is 7.39. The van der Waals surface area contributed by atoms with Crippen molar-refractivity contribution in [2.75, 3.05) is 6.54 Å². The summed E-state index contributed by atoms with van der Waals surface area (Å²) >= 11 is 0. The van der Waals surface area contributed by atoms with Crippen LogP contribution in [-0.4, -0.2) is 16.3 Å². The highest BCUT2D eigenvalue weighted by Gasteiger charge is 2.16. The highest BCUT2D eigenvalue weighted by molar-refractivity contribution is 5.45. The van der Waals surface area contributed by atoms with Gasteiger partial charge in [0.15, 0.2) is 0 Å². The molecule has 1 aromatic carbocycles. The Bertz CT molecular complexity index is 582. The van der Waals surface area contributed by atoms with Crippen molar-refractivity contribution in [3.05, 3.63) is 46.8 Å². The minimum absolute atomic E-state index is 0.450. The highest BCUT2D eigenvalue weighted by Crippen LogP contribution is 2.25. The SMILES string of the molecule is CCNCc1cnn(-c2cc(C)ccc2C)c1C(C)C. The molecule has 0 aliphatic heterocycles. The first kappa shape index (κ1) is 14.8. The molecule has 0 bridgehead atoms. The molecule has 0 spiro atoms. The van der Waals surface area contributed by atoms with Gasteiger partial charge in [0.2, 0.25) is 0 Å². The zero-order valence-electron chi connectivity index (χ0n) is 13.2. The summed E-state index contributed by atoms with van der Waals surface area (Å²) in [7, 11) is 0. The van der Waals surface area contributed by atoms with Gasteiger partial charge in [-0.2, -0.15) is 5.10 Å². The van der Waals surface area contributed by atoms with Crippen LogP contribution in [-0.2, 0) is 6.54 Å². The molecular formula is C17H25N3. The molecule has 3 heteroatoms. The number of aromatic nitrogens is 2. The van der Waals surface area contributed by atoms with Gasteiger partial charge in [-0.25, -0.2) is 4.68 Å². The Morgan fingerprint density at radius 3 is 2.65 bits per heavy atom. The number of benzene rings is 1. The zero-order valence-corrected chi connectivity index (χ0v) is 13.2. The lowest BCUT2D eigenvalue weighted by molar-refractivity contribution is 0.688. The summed E-state index contributed by atoms with van der Waals surface area (Å²) in [6.45, 7) is 12.7. The van der Waals surface area contributed by atoms with Gasteiger partial charge in [0.25, 0.3) is 0 Å². The normalized spacial score (nSPS) is 11.3. The summed E-state index contributed by atoms with van der Waals surface area (Å²) in [6, 6.07) is 6.53. The Balaban J connectivity index is 2.51. The molecule has 20 heavy (non-hydrogen) atoms. The first-order valence-corrected chi connectivity index (χ1v) is 7.39. The monoisotopic (exact) mass is 271 g/mol. The molecule has 1 N–H and O–H groups in total. The molecule has 2 aromatic rings. The van der Waals surface area contributed by atoms with Gasteiger partial charge in [0, 0.05) is 12.1 Å². The van der Waals surface area contributed by atoms with E-state index in [1.165, 1.54) is 28.1 Å². The average Bonchev–Trinajstić information content (AvgIpc) is 2.83. The van der Waals surface area contributed by atoms with E-state index in [-0.39, 0.29) is 0 Å². The Morgan fingerprint density at radius 2 is 2.00 bits per heavy atom. The predicted octanol–water partition coefficient (Wildman–Crippen LogP) is 3.72. The van der Waals surface area contributed by atoms with E-state index >= 15 is 0 Å². The molecule has 3 nitrogen and oxygen atoms in total. The standard InChI is InChI=1S/C17H25N3/c1-6-18-10-15-11-19-20(17(15)12(2)3)16-9-13(4)7-8-14(16)5/h7-9,11-12,18H,6,10H2,1-5H3. The van der Waals surface area contributed by atoms with Crippen molar-refractivity contribution in [1.82, 2.24) is 15.1 Å². The molecule has 0 radical (unpaired) electrons. The third kappa shape index (κ3) is 2.93. The maximum Gasteiger partial charge on any atom is 0.0680 e. The lowest BCUT2D eigenvalue weighted by Crippen LogP contribution is -2.14. The van der Waals surface area contributed by atoms with Crippen LogP contribution in [0.2, 0.25) is 0 Å². The summed E-state index contributed by atoms with van der Waals surface area (Å²) in [5.74, 6) is 0.450. The van der Waals surface area contributed by atoms with Crippen LogP contribution in [0.5, 0.6) is 0 Å². The zero-order chi connectivity index (χ0) is 14.7. The van der Waals surface area contributed by atoms with Gasteiger partial charge in [0.1, 0.15) is 0 Å². The molecule has 1 aromatic heterocycles. The molecule has 108 valence electrons. The largest absolute Gasteiger partial charge is 0.313 e.